The van der Waals surface area contributed by atoms with Gasteiger partial charge in [-0.3, -0.25) is 4.79 Å². The van der Waals surface area contributed by atoms with Gasteiger partial charge < -0.3 is 20.3 Å². The summed E-state index contributed by atoms with van der Waals surface area (Å²) >= 11 is 13.0. The monoisotopic (exact) mass is 592 g/mol. The fourth-order valence-corrected chi connectivity index (χ4v) is 6.25. The molecule has 41 heavy (non-hydrogen) atoms. The van der Waals surface area contributed by atoms with Crippen LogP contribution in [0.25, 0.3) is 28.0 Å². The quantitative estimate of drug-likeness (QED) is 0.261. The first-order valence-corrected chi connectivity index (χ1v) is 15.0. The minimum atomic E-state index is -0.947. The number of fused-ring (bicyclic) bond motifs is 1. The van der Waals surface area contributed by atoms with E-state index in [0.717, 1.165) is 72.0 Å². The number of rotatable bonds is 8. The van der Waals surface area contributed by atoms with E-state index in [1.54, 1.807) is 0 Å². The summed E-state index contributed by atoms with van der Waals surface area (Å²) in [5.74, 6) is 1.44. The normalized spacial score (nSPS) is 17.0. The number of ether oxygens (including phenoxy) is 1. The number of hydrogen-bond donors (Lipinski definition) is 1. The Balaban J connectivity index is 1.53. The Morgan fingerprint density at radius 2 is 1.71 bits per heavy atom. The second kappa shape index (κ2) is 11.5. The zero-order valence-electron chi connectivity index (χ0n) is 23.2. The topological polar surface area (TPSA) is 89.0 Å². The lowest BCUT2D eigenvalue weighted by Gasteiger charge is -2.40. The van der Waals surface area contributed by atoms with Gasteiger partial charge in [0.05, 0.1) is 10.6 Å². The molecule has 0 radical (unpaired) electrons. The number of piperidine rings is 1. The van der Waals surface area contributed by atoms with Crippen molar-refractivity contribution in [3.63, 3.8) is 0 Å². The van der Waals surface area contributed by atoms with Crippen molar-refractivity contribution < 1.29 is 9.53 Å². The summed E-state index contributed by atoms with van der Waals surface area (Å²) in [5, 5.41) is 6.44. The Morgan fingerprint density at radius 1 is 1.00 bits per heavy atom. The molecule has 0 unspecified atom stereocenters. The van der Waals surface area contributed by atoms with Gasteiger partial charge in [0.2, 0.25) is 5.91 Å². The van der Waals surface area contributed by atoms with Gasteiger partial charge in [0.15, 0.2) is 5.65 Å². The van der Waals surface area contributed by atoms with Crippen LogP contribution in [0.3, 0.4) is 0 Å². The third-order valence-electron chi connectivity index (χ3n) is 8.18. The number of carbonyl (C=O) groups excluding carboxylic acids is 1. The maximum absolute atomic E-state index is 12.5. The highest BCUT2D eigenvalue weighted by Crippen LogP contribution is 2.41. The molecule has 4 heterocycles. The van der Waals surface area contributed by atoms with Crippen LogP contribution in [0, 0.1) is 0 Å². The van der Waals surface area contributed by atoms with Crippen LogP contribution in [-0.2, 0) is 9.53 Å². The first kappa shape index (κ1) is 27.8. The number of aromatic nitrogens is 3. The minimum absolute atomic E-state index is 0.395. The van der Waals surface area contributed by atoms with Gasteiger partial charge in [-0.1, -0.05) is 60.5 Å². The standard InChI is InChI=1S/C31H34Cl2N6O2/c1-2-19-41-31(30(34)40)13-17-38(18-14-31)26-20-25(37-15-5-6-16-37)35-29-27(21-9-11-22(32)12-10-21)28(36-39(26)29)23-7-3-4-8-24(23)33/h3-4,7-12,20H,2,5-6,13-19H2,1H3,(H2,34,40). The average molecular weight is 594 g/mol. The van der Waals surface area contributed by atoms with Crippen LogP contribution in [0.2, 0.25) is 10.0 Å². The Hall–Kier alpha value is -3.33. The van der Waals surface area contributed by atoms with Gasteiger partial charge in [-0.2, -0.15) is 9.61 Å². The first-order chi connectivity index (χ1) is 19.9. The van der Waals surface area contributed by atoms with Gasteiger partial charge in [0, 0.05) is 62.3 Å². The molecule has 2 N–H and O–H groups in total. The Morgan fingerprint density at radius 3 is 2.37 bits per heavy atom. The van der Waals surface area contributed by atoms with Crippen molar-refractivity contribution in [2.45, 2.75) is 44.6 Å². The van der Waals surface area contributed by atoms with E-state index in [-0.39, 0.29) is 0 Å². The zero-order valence-corrected chi connectivity index (χ0v) is 24.7. The average Bonchev–Trinajstić information content (AvgIpc) is 3.65. The summed E-state index contributed by atoms with van der Waals surface area (Å²) in [6, 6.07) is 17.6. The molecule has 2 aromatic heterocycles. The number of amides is 1. The van der Waals surface area contributed by atoms with E-state index in [1.165, 1.54) is 0 Å². The minimum Gasteiger partial charge on any atom is -0.367 e. The number of primary amides is 1. The van der Waals surface area contributed by atoms with Crippen molar-refractivity contribution in [2.24, 2.45) is 5.73 Å². The van der Waals surface area contributed by atoms with Crippen molar-refractivity contribution in [2.75, 3.05) is 42.6 Å². The van der Waals surface area contributed by atoms with Gasteiger partial charge >= 0.3 is 0 Å². The van der Waals surface area contributed by atoms with E-state index in [4.69, 9.17) is 43.8 Å². The van der Waals surface area contributed by atoms with Crippen LogP contribution >= 0.6 is 23.2 Å². The van der Waals surface area contributed by atoms with E-state index in [0.29, 0.717) is 42.6 Å². The molecule has 0 saturated carbocycles. The molecule has 8 nitrogen and oxygen atoms in total. The molecule has 10 heteroatoms. The lowest BCUT2D eigenvalue weighted by molar-refractivity contribution is -0.147. The van der Waals surface area contributed by atoms with Gasteiger partial charge in [0.25, 0.3) is 0 Å². The summed E-state index contributed by atoms with van der Waals surface area (Å²) in [6.45, 7) is 5.65. The molecule has 2 aromatic carbocycles. The zero-order chi connectivity index (χ0) is 28.6. The SMILES string of the molecule is CCCOC1(C(N)=O)CCN(c2cc(N3CCCC3)nc3c(-c4ccc(Cl)cc4)c(-c4ccccc4Cl)nn23)CC1. The predicted molar refractivity (Wildman–Crippen MR) is 165 cm³/mol. The second-order valence-corrected chi connectivity index (χ2v) is 11.7. The Bertz CT molecular complexity index is 1560. The van der Waals surface area contributed by atoms with Crippen molar-refractivity contribution in [1.82, 2.24) is 14.6 Å². The van der Waals surface area contributed by atoms with E-state index in [1.807, 2.05) is 60.0 Å². The molecule has 0 spiro atoms. The van der Waals surface area contributed by atoms with Crippen molar-refractivity contribution in [3.05, 3.63) is 64.6 Å². The summed E-state index contributed by atoms with van der Waals surface area (Å²) in [6.07, 6.45) is 4.11. The summed E-state index contributed by atoms with van der Waals surface area (Å²) in [7, 11) is 0. The summed E-state index contributed by atoms with van der Waals surface area (Å²) in [5.41, 5.74) is 9.09. The Labute approximate surface area is 250 Å². The van der Waals surface area contributed by atoms with Crippen LogP contribution < -0.4 is 15.5 Å². The molecule has 214 valence electrons. The molecule has 0 atom stereocenters. The van der Waals surface area contributed by atoms with Gasteiger partial charge in [-0.05, 0) is 43.0 Å². The first-order valence-electron chi connectivity index (χ1n) is 14.3. The Kier molecular flexibility index (Phi) is 7.81. The molecule has 4 aromatic rings. The summed E-state index contributed by atoms with van der Waals surface area (Å²) < 4.78 is 7.97. The highest BCUT2D eigenvalue weighted by molar-refractivity contribution is 6.33. The number of benzene rings is 2. The van der Waals surface area contributed by atoms with E-state index in [2.05, 4.69) is 15.9 Å². The highest BCUT2D eigenvalue weighted by atomic mass is 35.5. The van der Waals surface area contributed by atoms with Crippen LogP contribution in [0.4, 0.5) is 11.6 Å². The highest BCUT2D eigenvalue weighted by Gasteiger charge is 2.41. The fourth-order valence-electron chi connectivity index (χ4n) is 5.90. The van der Waals surface area contributed by atoms with Crippen LogP contribution in [-0.4, -0.2) is 58.9 Å². The van der Waals surface area contributed by atoms with Gasteiger partial charge in [-0.15, -0.1) is 0 Å². The molecule has 0 aliphatic carbocycles. The molecule has 2 aliphatic rings. The van der Waals surface area contributed by atoms with Crippen molar-refractivity contribution >= 4 is 46.4 Å². The molecular formula is C31H34Cl2N6O2. The molecule has 1 amide bonds. The van der Waals surface area contributed by atoms with Crippen molar-refractivity contribution in [3.8, 4) is 22.4 Å². The van der Waals surface area contributed by atoms with Crippen LogP contribution in [0.15, 0.2) is 54.6 Å². The van der Waals surface area contributed by atoms with Crippen LogP contribution in [0.5, 0.6) is 0 Å². The molecule has 0 bridgehead atoms. The number of hydrogen-bond acceptors (Lipinski definition) is 6. The smallest absolute Gasteiger partial charge is 0.249 e. The predicted octanol–water partition coefficient (Wildman–Crippen LogP) is 6.22. The van der Waals surface area contributed by atoms with E-state index < -0.39 is 11.5 Å². The van der Waals surface area contributed by atoms with E-state index in [9.17, 15) is 4.79 Å². The number of nitrogens with two attached hydrogens (primary N) is 1. The van der Waals surface area contributed by atoms with Gasteiger partial charge in [0.1, 0.15) is 22.9 Å². The lowest BCUT2D eigenvalue weighted by Crippen LogP contribution is -2.54. The molecule has 6 rings (SSSR count). The largest absolute Gasteiger partial charge is 0.367 e. The number of anilines is 2. The molecule has 2 aliphatic heterocycles. The molecular weight excluding hydrogens is 559 g/mol. The second-order valence-electron chi connectivity index (χ2n) is 10.8. The number of carbonyl (C=O) groups is 1. The number of nitrogens with zero attached hydrogens (tertiary/aromatic N) is 5. The molecule has 2 saturated heterocycles. The fraction of sp³-hybridized carbons (Fsp3) is 0.387. The maximum atomic E-state index is 12.5. The van der Waals surface area contributed by atoms with Gasteiger partial charge in [-0.25, -0.2) is 4.98 Å². The van der Waals surface area contributed by atoms with E-state index >= 15 is 0 Å². The molecule has 2 fully saturated rings. The van der Waals surface area contributed by atoms with Crippen LogP contribution in [0.1, 0.15) is 39.0 Å². The summed E-state index contributed by atoms with van der Waals surface area (Å²) in [4.78, 5) is 22.3. The maximum Gasteiger partial charge on any atom is 0.249 e. The third-order valence-corrected chi connectivity index (χ3v) is 8.76. The lowest BCUT2D eigenvalue weighted by atomic mass is 9.90. The number of halogens is 2. The van der Waals surface area contributed by atoms with Crippen molar-refractivity contribution in [1.29, 1.82) is 0 Å². The third kappa shape index (κ3) is 5.25.